The van der Waals surface area contributed by atoms with Crippen LogP contribution in [0.15, 0.2) is 6.20 Å². The predicted octanol–water partition coefficient (Wildman–Crippen LogP) is 2.02. The Kier molecular flexibility index (Phi) is 3.10. The Morgan fingerprint density at radius 3 is 2.60 bits per heavy atom. The summed E-state index contributed by atoms with van der Waals surface area (Å²) in [7, 11) is 2.20. The van der Waals surface area contributed by atoms with Crippen molar-refractivity contribution in [3.05, 3.63) is 17.5 Å². The Morgan fingerprint density at radius 1 is 1.40 bits per heavy atom. The maximum atomic E-state index is 4.63. The van der Waals surface area contributed by atoms with Crippen molar-refractivity contribution in [2.75, 3.05) is 20.1 Å². The van der Waals surface area contributed by atoms with Crippen molar-refractivity contribution < 1.29 is 0 Å². The summed E-state index contributed by atoms with van der Waals surface area (Å²) in [6, 6.07) is 0.625. The van der Waals surface area contributed by atoms with Crippen molar-refractivity contribution in [1.82, 2.24) is 14.7 Å². The molecular weight excluding hydrogens is 186 g/mol. The molecule has 0 amide bonds. The van der Waals surface area contributed by atoms with Crippen LogP contribution in [-0.2, 0) is 6.42 Å². The summed E-state index contributed by atoms with van der Waals surface area (Å²) in [6.45, 7) is 6.71. The van der Waals surface area contributed by atoms with E-state index in [1.165, 1.54) is 37.2 Å². The number of hydrogen-bond donors (Lipinski definition) is 0. The van der Waals surface area contributed by atoms with Crippen molar-refractivity contribution in [2.45, 2.75) is 39.2 Å². The molecule has 2 rings (SSSR count). The molecule has 1 aromatic rings. The summed E-state index contributed by atoms with van der Waals surface area (Å²) in [5.74, 6) is 0. The van der Waals surface area contributed by atoms with Crippen LogP contribution in [-0.4, -0.2) is 34.8 Å². The Hall–Kier alpha value is -0.830. The normalized spacial score (nSPS) is 19.7. The minimum Gasteiger partial charge on any atom is -0.306 e. The van der Waals surface area contributed by atoms with Gasteiger partial charge in [-0.3, -0.25) is 4.68 Å². The lowest BCUT2D eigenvalue weighted by Gasteiger charge is -2.29. The van der Waals surface area contributed by atoms with Gasteiger partial charge in [-0.1, -0.05) is 6.92 Å². The number of rotatable bonds is 2. The first-order valence-corrected chi connectivity index (χ1v) is 5.94. The van der Waals surface area contributed by atoms with Gasteiger partial charge < -0.3 is 4.90 Å². The van der Waals surface area contributed by atoms with E-state index in [2.05, 4.69) is 41.8 Å². The molecule has 1 aromatic heterocycles. The van der Waals surface area contributed by atoms with Gasteiger partial charge in [0.25, 0.3) is 0 Å². The zero-order valence-corrected chi connectivity index (χ0v) is 10.0. The van der Waals surface area contributed by atoms with Gasteiger partial charge in [0, 0.05) is 6.20 Å². The number of likely N-dealkylation sites (tertiary alicyclic amines) is 1. The summed E-state index contributed by atoms with van der Waals surface area (Å²) >= 11 is 0. The van der Waals surface area contributed by atoms with Crippen molar-refractivity contribution >= 4 is 0 Å². The van der Waals surface area contributed by atoms with Crippen LogP contribution in [0.3, 0.4) is 0 Å². The second kappa shape index (κ2) is 4.35. The molecule has 0 N–H and O–H groups in total. The molecule has 1 saturated heterocycles. The largest absolute Gasteiger partial charge is 0.306 e. The Bertz CT molecular complexity index is 322. The summed E-state index contributed by atoms with van der Waals surface area (Å²) < 4.78 is 2.20. The molecule has 2 heterocycles. The standard InChI is InChI=1S/C12H21N3/c1-4-11-9-15(13-10(11)2)12-5-7-14(3)8-6-12/h9,12H,4-8H2,1-3H3. The van der Waals surface area contributed by atoms with E-state index in [4.69, 9.17) is 0 Å². The Labute approximate surface area is 92.1 Å². The molecule has 0 saturated carbocycles. The maximum absolute atomic E-state index is 4.63. The van der Waals surface area contributed by atoms with E-state index in [-0.39, 0.29) is 0 Å². The van der Waals surface area contributed by atoms with Crippen LogP contribution in [0, 0.1) is 6.92 Å². The molecule has 1 fully saturated rings. The average molecular weight is 207 g/mol. The third-order valence-corrected chi connectivity index (χ3v) is 3.46. The van der Waals surface area contributed by atoms with Crippen molar-refractivity contribution in [3.63, 3.8) is 0 Å². The molecule has 3 heteroatoms. The van der Waals surface area contributed by atoms with Crippen LogP contribution in [0.1, 0.15) is 37.1 Å². The van der Waals surface area contributed by atoms with Crippen LogP contribution in [0.4, 0.5) is 0 Å². The van der Waals surface area contributed by atoms with E-state index in [0.29, 0.717) is 6.04 Å². The molecule has 1 aliphatic rings. The molecule has 0 atom stereocenters. The lowest BCUT2D eigenvalue weighted by atomic mass is 10.1. The first-order valence-electron chi connectivity index (χ1n) is 5.94. The highest BCUT2D eigenvalue weighted by atomic mass is 15.3. The van der Waals surface area contributed by atoms with Gasteiger partial charge in [-0.05, 0) is 51.9 Å². The topological polar surface area (TPSA) is 21.1 Å². The zero-order valence-electron chi connectivity index (χ0n) is 10.0. The maximum Gasteiger partial charge on any atom is 0.0625 e. The van der Waals surface area contributed by atoms with Gasteiger partial charge in [0.1, 0.15) is 0 Å². The molecule has 0 aromatic carbocycles. The van der Waals surface area contributed by atoms with E-state index >= 15 is 0 Å². The predicted molar refractivity (Wildman–Crippen MR) is 62.1 cm³/mol. The number of piperidine rings is 1. The number of aryl methyl sites for hydroxylation is 2. The van der Waals surface area contributed by atoms with Gasteiger partial charge in [-0.2, -0.15) is 5.10 Å². The van der Waals surface area contributed by atoms with Gasteiger partial charge in [-0.15, -0.1) is 0 Å². The fourth-order valence-electron chi connectivity index (χ4n) is 2.31. The molecule has 0 aliphatic carbocycles. The second-order valence-corrected chi connectivity index (χ2v) is 4.61. The third-order valence-electron chi connectivity index (χ3n) is 3.46. The fraction of sp³-hybridized carbons (Fsp3) is 0.750. The van der Waals surface area contributed by atoms with Gasteiger partial charge in [0.2, 0.25) is 0 Å². The molecule has 84 valence electrons. The van der Waals surface area contributed by atoms with Gasteiger partial charge in [0.05, 0.1) is 11.7 Å². The van der Waals surface area contributed by atoms with E-state index in [9.17, 15) is 0 Å². The quantitative estimate of drug-likeness (QED) is 0.740. The summed E-state index contributed by atoms with van der Waals surface area (Å²) in [5.41, 5.74) is 2.60. The van der Waals surface area contributed by atoms with Crippen LogP contribution < -0.4 is 0 Å². The average Bonchev–Trinajstić information content (AvgIpc) is 2.61. The molecule has 0 bridgehead atoms. The second-order valence-electron chi connectivity index (χ2n) is 4.61. The van der Waals surface area contributed by atoms with Crippen LogP contribution in [0.25, 0.3) is 0 Å². The van der Waals surface area contributed by atoms with Crippen LogP contribution in [0.2, 0.25) is 0 Å². The molecule has 0 radical (unpaired) electrons. The number of hydrogen-bond acceptors (Lipinski definition) is 2. The molecular formula is C12H21N3. The highest BCUT2D eigenvalue weighted by Crippen LogP contribution is 2.22. The number of aromatic nitrogens is 2. The van der Waals surface area contributed by atoms with Gasteiger partial charge in [-0.25, -0.2) is 0 Å². The first-order chi connectivity index (χ1) is 7.20. The fourth-order valence-corrected chi connectivity index (χ4v) is 2.31. The zero-order chi connectivity index (χ0) is 10.8. The van der Waals surface area contributed by atoms with Gasteiger partial charge >= 0.3 is 0 Å². The first kappa shape index (κ1) is 10.7. The Morgan fingerprint density at radius 2 is 2.07 bits per heavy atom. The van der Waals surface area contributed by atoms with Gasteiger partial charge in [0.15, 0.2) is 0 Å². The summed E-state index contributed by atoms with van der Waals surface area (Å²) in [5, 5.41) is 4.63. The molecule has 3 nitrogen and oxygen atoms in total. The molecule has 0 spiro atoms. The SMILES string of the molecule is CCc1cn(C2CCN(C)CC2)nc1C. The highest BCUT2D eigenvalue weighted by Gasteiger charge is 2.19. The third kappa shape index (κ3) is 2.23. The van der Waals surface area contributed by atoms with E-state index in [1.54, 1.807) is 0 Å². The van der Waals surface area contributed by atoms with Crippen molar-refractivity contribution in [3.8, 4) is 0 Å². The van der Waals surface area contributed by atoms with Crippen LogP contribution >= 0.6 is 0 Å². The molecule has 15 heavy (non-hydrogen) atoms. The smallest absolute Gasteiger partial charge is 0.0625 e. The summed E-state index contributed by atoms with van der Waals surface area (Å²) in [4.78, 5) is 2.40. The Balaban J connectivity index is 2.09. The van der Waals surface area contributed by atoms with Crippen molar-refractivity contribution in [2.24, 2.45) is 0 Å². The minimum atomic E-state index is 0.625. The molecule has 1 aliphatic heterocycles. The summed E-state index contributed by atoms with van der Waals surface area (Å²) in [6.07, 6.45) is 5.81. The monoisotopic (exact) mass is 207 g/mol. The van der Waals surface area contributed by atoms with Crippen molar-refractivity contribution in [1.29, 1.82) is 0 Å². The molecule has 0 unspecified atom stereocenters. The van der Waals surface area contributed by atoms with Crippen LogP contribution in [0.5, 0.6) is 0 Å². The van der Waals surface area contributed by atoms with E-state index in [1.807, 2.05) is 0 Å². The lowest BCUT2D eigenvalue weighted by Crippen LogP contribution is -2.31. The lowest BCUT2D eigenvalue weighted by molar-refractivity contribution is 0.212. The highest BCUT2D eigenvalue weighted by molar-refractivity contribution is 5.15. The van der Waals surface area contributed by atoms with E-state index in [0.717, 1.165) is 6.42 Å². The van der Waals surface area contributed by atoms with E-state index < -0.39 is 0 Å². The number of nitrogens with zero attached hydrogens (tertiary/aromatic N) is 3. The minimum absolute atomic E-state index is 0.625.